The summed E-state index contributed by atoms with van der Waals surface area (Å²) in [6, 6.07) is -0.874. The summed E-state index contributed by atoms with van der Waals surface area (Å²) in [6.45, 7) is 9.21. The van der Waals surface area contributed by atoms with E-state index in [0.717, 1.165) is 12.2 Å². The van der Waals surface area contributed by atoms with E-state index in [4.69, 9.17) is 4.74 Å². The van der Waals surface area contributed by atoms with Gasteiger partial charge in [-0.05, 0) is 27.2 Å². The number of carbonyl (C=O) groups excluding carboxylic acids is 2. The van der Waals surface area contributed by atoms with Gasteiger partial charge >= 0.3 is 11.9 Å². The Kier molecular flexibility index (Phi) is 9.68. The second kappa shape index (κ2) is 10.7. The zero-order chi connectivity index (χ0) is 19.9. The van der Waals surface area contributed by atoms with Gasteiger partial charge in [0.2, 0.25) is 5.91 Å². The van der Waals surface area contributed by atoms with E-state index in [2.05, 4.69) is 6.92 Å². The molecule has 1 aliphatic rings. The van der Waals surface area contributed by atoms with Crippen molar-refractivity contribution in [1.82, 2.24) is 4.90 Å². The maximum absolute atomic E-state index is 12.9. The first-order valence-electron chi connectivity index (χ1n) is 8.67. The lowest BCUT2D eigenvalue weighted by molar-refractivity contribution is -0.157. The van der Waals surface area contributed by atoms with Crippen LogP contribution in [0.4, 0.5) is 0 Å². The number of aliphatic carboxylic acids is 1. The third-order valence-corrected chi connectivity index (χ3v) is 7.75. The van der Waals surface area contributed by atoms with Crippen molar-refractivity contribution < 1.29 is 24.2 Å². The van der Waals surface area contributed by atoms with Gasteiger partial charge in [-0.25, -0.2) is 4.79 Å². The molecule has 1 unspecified atom stereocenters. The molecule has 6 nitrogen and oxygen atoms in total. The number of amides is 1. The number of carboxylic acids is 1. The lowest BCUT2D eigenvalue weighted by atomic mass is 9.97. The molecule has 0 aromatic heterocycles. The first-order valence-corrected chi connectivity index (χ1v) is 12.2. The van der Waals surface area contributed by atoms with Crippen LogP contribution in [-0.4, -0.2) is 63.1 Å². The molecule has 0 radical (unpaired) electrons. The molecular weight excluding hydrogens is 394 g/mol. The van der Waals surface area contributed by atoms with E-state index < -0.39 is 22.8 Å². The minimum absolute atomic E-state index is 0.0146. The fourth-order valence-electron chi connectivity index (χ4n) is 2.16. The summed E-state index contributed by atoms with van der Waals surface area (Å²) in [5.41, 5.74) is -0.634. The van der Waals surface area contributed by atoms with Gasteiger partial charge in [0.15, 0.2) is 0 Å². The van der Waals surface area contributed by atoms with Crippen LogP contribution in [0.3, 0.4) is 0 Å². The molecule has 26 heavy (non-hydrogen) atoms. The Morgan fingerprint density at radius 3 is 2.50 bits per heavy atom. The molecule has 0 aromatic rings. The Bertz CT molecular complexity index is 509. The van der Waals surface area contributed by atoms with Gasteiger partial charge in [-0.15, -0.1) is 11.8 Å². The van der Waals surface area contributed by atoms with Crippen LogP contribution < -0.4 is 0 Å². The van der Waals surface area contributed by atoms with Gasteiger partial charge in [-0.3, -0.25) is 9.59 Å². The van der Waals surface area contributed by atoms with Crippen LogP contribution in [-0.2, 0) is 19.1 Å². The van der Waals surface area contributed by atoms with Gasteiger partial charge in [0.25, 0.3) is 0 Å². The molecule has 0 aliphatic carbocycles. The summed E-state index contributed by atoms with van der Waals surface area (Å²) in [6.07, 6.45) is 1.07. The first kappa shape index (κ1) is 23.5. The van der Waals surface area contributed by atoms with Gasteiger partial charge in [-0.2, -0.15) is 0 Å². The number of hydrogen-bond acceptors (Lipinski definition) is 7. The van der Waals surface area contributed by atoms with Crippen molar-refractivity contribution in [2.24, 2.45) is 11.3 Å². The van der Waals surface area contributed by atoms with Crippen LogP contribution in [0, 0.1) is 11.3 Å². The molecule has 1 saturated heterocycles. The maximum atomic E-state index is 12.9. The Morgan fingerprint density at radius 1 is 1.31 bits per heavy atom. The van der Waals surface area contributed by atoms with Gasteiger partial charge in [0, 0.05) is 23.2 Å². The number of hydrogen-bond donors (Lipinski definition) is 1. The number of thioether (sulfide) groups is 1. The second-order valence-corrected chi connectivity index (χ2v) is 11.1. The molecule has 1 heterocycles. The normalized spacial score (nSPS) is 21.5. The summed E-state index contributed by atoms with van der Waals surface area (Å²) in [4.78, 5) is 37.8. The molecule has 9 heteroatoms. The smallest absolute Gasteiger partial charge is 0.327 e. The highest BCUT2D eigenvalue weighted by atomic mass is 33.1. The highest BCUT2D eigenvalue weighted by molar-refractivity contribution is 8.76. The lowest BCUT2D eigenvalue weighted by Gasteiger charge is -2.30. The van der Waals surface area contributed by atoms with Crippen LogP contribution >= 0.6 is 33.3 Å². The van der Waals surface area contributed by atoms with Gasteiger partial charge < -0.3 is 14.7 Å². The van der Waals surface area contributed by atoms with E-state index in [1.807, 2.05) is 6.92 Å². The third kappa shape index (κ3) is 6.88. The fourth-order valence-corrected chi connectivity index (χ4v) is 5.92. The number of nitrogens with zero attached hydrogens (tertiary/aromatic N) is 1. The van der Waals surface area contributed by atoms with Crippen LogP contribution in [0.1, 0.15) is 41.0 Å². The Morgan fingerprint density at radius 2 is 1.96 bits per heavy atom. The number of carbonyl (C=O) groups is 3. The molecule has 150 valence electrons. The molecule has 0 saturated carbocycles. The lowest BCUT2D eigenvalue weighted by Crippen LogP contribution is -2.49. The predicted molar refractivity (Wildman–Crippen MR) is 109 cm³/mol. The quantitative estimate of drug-likeness (QED) is 0.343. The van der Waals surface area contributed by atoms with Crippen molar-refractivity contribution in [2.75, 3.05) is 23.9 Å². The summed E-state index contributed by atoms with van der Waals surface area (Å²) in [5, 5.41) is 9.01. The average Bonchev–Trinajstić information content (AvgIpc) is 2.98. The monoisotopic (exact) mass is 423 g/mol. The highest BCUT2D eigenvalue weighted by Crippen LogP contribution is 2.33. The summed E-state index contributed by atoms with van der Waals surface area (Å²) in [5.74, 6) is 0.109. The standard InChI is InChI=1S/C17H29NO5S3/c1-6-7-25-26-9-11(2)14(19)18-12(15(20)21)10-24-13(18)8-23-16(22)17(3,4)5/h11-13H,6-10H2,1-5H3,(H,20,21)/t11-,12+,13?/m1/s1. The van der Waals surface area contributed by atoms with Crippen LogP contribution in [0.15, 0.2) is 0 Å². The predicted octanol–water partition coefficient (Wildman–Crippen LogP) is 3.36. The molecule has 1 aliphatic heterocycles. The molecule has 0 spiro atoms. The molecule has 1 N–H and O–H groups in total. The Hall–Kier alpha value is -0.540. The van der Waals surface area contributed by atoms with Gasteiger partial charge in [0.05, 0.1) is 5.41 Å². The average molecular weight is 424 g/mol. The molecule has 1 amide bonds. The minimum Gasteiger partial charge on any atom is -0.480 e. The van der Waals surface area contributed by atoms with E-state index in [-0.39, 0.29) is 24.4 Å². The van der Waals surface area contributed by atoms with Crippen molar-refractivity contribution in [3.05, 3.63) is 0 Å². The molecular formula is C17H29NO5S3. The molecule has 0 bridgehead atoms. The summed E-state index contributed by atoms with van der Waals surface area (Å²) >= 11 is 1.35. The largest absolute Gasteiger partial charge is 0.480 e. The number of ether oxygens (including phenoxy) is 1. The van der Waals surface area contributed by atoms with Crippen molar-refractivity contribution in [1.29, 1.82) is 0 Å². The number of carboxylic acid groups (broad SMARTS) is 1. The zero-order valence-electron chi connectivity index (χ0n) is 16.0. The molecule has 0 aromatic carbocycles. The van der Waals surface area contributed by atoms with E-state index in [0.29, 0.717) is 11.5 Å². The molecule has 3 atom stereocenters. The summed E-state index contributed by atoms with van der Waals surface area (Å²) < 4.78 is 5.34. The van der Waals surface area contributed by atoms with E-state index in [1.54, 1.807) is 42.4 Å². The van der Waals surface area contributed by atoms with Crippen molar-refractivity contribution in [3.8, 4) is 0 Å². The third-order valence-electron chi connectivity index (χ3n) is 3.71. The van der Waals surface area contributed by atoms with Crippen molar-refractivity contribution >= 4 is 51.2 Å². The van der Waals surface area contributed by atoms with Crippen LogP contribution in [0.5, 0.6) is 0 Å². The van der Waals surface area contributed by atoms with E-state index in [9.17, 15) is 19.5 Å². The maximum Gasteiger partial charge on any atom is 0.327 e. The van der Waals surface area contributed by atoms with Crippen molar-refractivity contribution in [3.63, 3.8) is 0 Å². The van der Waals surface area contributed by atoms with Crippen LogP contribution in [0.2, 0.25) is 0 Å². The van der Waals surface area contributed by atoms with Gasteiger partial charge in [0.1, 0.15) is 18.0 Å². The first-order chi connectivity index (χ1) is 12.1. The van der Waals surface area contributed by atoms with Crippen molar-refractivity contribution in [2.45, 2.75) is 52.5 Å². The highest BCUT2D eigenvalue weighted by Gasteiger charge is 2.43. The number of esters is 1. The second-order valence-electron chi connectivity index (χ2n) is 7.24. The van der Waals surface area contributed by atoms with Gasteiger partial charge in [-0.1, -0.05) is 35.4 Å². The minimum atomic E-state index is -1.02. The summed E-state index contributed by atoms with van der Waals surface area (Å²) in [7, 11) is 3.36. The topological polar surface area (TPSA) is 83.9 Å². The fraction of sp³-hybridized carbons (Fsp3) is 0.824. The SMILES string of the molecule is CCCSSC[C@@H](C)C(=O)N1C(COC(=O)C(C)(C)C)SC[C@H]1C(=O)O. The Balaban J connectivity index is 2.74. The van der Waals surface area contributed by atoms with E-state index in [1.165, 1.54) is 16.7 Å². The Labute approximate surface area is 167 Å². The van der Waals surface area contributed by atoms with E-state index >= 15 is 0 Å². The zero-order valence-corrected chi connectivity index (χ0v) is 18.5. The van der Waals surface area contributed by atoms with Crippen LogP contribution in [0.25, 0.3) is 0 Å². The molecule has 1 fully saturated rings. The molecule has 1 rings (SSSR count). The number of rotatable bonds is 9.